The molecule has 0 saturated carbocycles. The molecule has 2 aromatic carbocycles. The number of aliphatic imine (C=N–C) groups is 1. The lowest BCUT2D eigenvalue weighted by molar-refractivity contribution is -0.112. The minimum atomic E-state index is -0.188. The maximum atomic E-state index is 13.1. The number of hydrogen-bond donors (Lipinski definition) is 3. The molecular formula is C32H38N4O2. The van der Waals surface area contributed by atoms with Crippen LogP contribution in [0.1, 0.15) is 47.3 Å². The first-order valence-electron chi connectivity index (χ1n) is 12.5. The second-order valence-electron chi connectivity index (χ2n) is 9.20. The first-order valence-corrected chi connectivity index (χ1v) is 12.5. The number of aryl methyl sites for hydroxylation is 1. The number of ketones is 1. The average Bonchev–Trinajstić information content (AvgIpc) is 2.93. The maximum absolute atomic E-state index is 13.1. The van der Waals surface area contributed by atoms with E-state index in [1.54, 1.807) is 30.3 Å². The summed E-state index contributed by atoms with van der Waals surface area (Å²) >= 11 is 0. The van der Waals surface area contributed by atoms with Crippen LogP contribution >= 0.6 is 0 Å². The van der Waals surface area contributed by atoms with Gasteiger partial charge in [-0.2, -0.15) is 0 Å². The fourth-order valence-electron chi connectivity index (χ4n) is 3.92. The zero-order chi connectivity index (χ0) is 28.1. The number of allylic oxidation sites excluding steroid dienone is 6. The molecule has 0 heterocycles. The van der Waals surface area contributed by atoms with Crippen molar-refractivity contribution in [3.8, 4) is 0 Å². The van der Waals surface area contributed by atoms with E-state index in [0.29, 0.717) is 35.4 Å². The zero-order valence-corrected chi connectivity index (χ0v) is 22.7. The highest BCUT2D eigenvalue weighted by Gasteiger charge is 2.24. The van der Waals surface area contributed by atoms with E-state index in [2.05, 4.69) is 29.5 Å². The van der Waals surface area contributed by atoms with Gasteiger partial charge < -0.3 is 16.8 Å². The van der Waals surface area contributed by atoms with E-state index in [-0.39, 0.29) is 17.1 Å². The summed E-state index contributed by atoms with van der Waals surface area (Å²) in [5, 5.41) is 2.90. The molecule has 0 bridgehead atoms. The highest BCUT2D eigenvalue weighted by atomic mass is 16.1. The molecule has 1 aliphatic rings. The Labute approximate surface area is 226 Å². The first kappa shape index (κ1) is 29.9. The van der Waals surface area contributed by atoms with Crippen LogP contribution in [0.5, 0.6) is 0 Å². The topological polar surface area (TPSA) is 111 Å². The number of benzene rings is 2. The molecule has 0 saturated heterocycles. The minimum absolute atomic E-state index is 0.0533. The number of hydrogen-bond acceptors (Lipinski definition) is 4. The van der Waals surface area contributed by atoms with Gasteiger partial charge in [0.25, 0.3) is 5.91 Å². The van der Waals surface area contributed by atoms with Gasteiger partial charge in [0, 0.05) is 34.3 Å². The van der Waals surface area contributed by atoms with Crippen LogP contribution < -0.4 is 16.8 Å². The van der Waals surface area contributed by atoms with Crippen molar-refractivity contribution in [1.82, 2.24) is 0 Å². The largest absolute Gasteiger partial charge is 0.390 e. The number of carbonyl (C=O) groups is 2. The van der Waals surface area contributed by atoms with E-state index in [0.717, 1.165) is 16.7 Å². The molecule has 2 aromatic rings. The fourth-order valence-corrected chi connectivity index (χ4v) is 3.92. The van der Waals surface area contributed by atoms with Crippen LogP contribution in [0.2, 0.25) is 0 Å². The Morgan fingerprint density at radius 2 is 1.79 bits per heavy atom. The van der Waals surface area contributed by atoms with Crippen molar-refractivity contribution < 1.29 is 9.59 Å². The Kier molecular flexibility index (Phi) is 11.4. The molecule has 1 amide bonds. The minimum Gasteiger partial charge on any atom is -0.390 e. The van der Waals surface area contributed by atoms with Crippen molar-refractivity contribution in [2.75, 3.05) is 18.9 Å². The van der Waals surface area contributed by atoms with Gasteiger partial charge in [0.05, 0.1) is 6.34 Å². The zero-order valence-electron chi connectivity index (χ0n) is 22.7. The molecule has 1 unspecified atom stereocenters. The van der Waals surface area contributed by atoms with Gasteiger partial charge in [0.15, 0.2) is 5.78 Å². The molecule has 6 nitrogen and oxygen atoms in total. The Morgan fingerprint density at radius 1 is 1.11 bits per heavy atom. The number of amides is 1. The van der Waals surface area contributed by atoms with E-state index in [9.17, 15) is 9.59 Å². The van der Waals surface area contributed by atoms with E-state index in [1.807, 2.05) is 68.5 Å². The number of nitrogens with zero attached hydrogens (tertiary/aromatic N) is 1. The van der Waals surface area contributed by atoms with E-state index in [4.69, 9.17) is 5.73 Å². The summed E-state index contributed by atoms with van der Waals surface area (Å²) in [4.78, 5) is 29.9. The van der Waals surface area contributed by atoms with Crippen molar-refractivity contribution >= 4 is 29.3 Å². The summed E-state index contributed by atoms with van der Waals surface area (Å²) in [6, 6.07) is 12.8. The van der Waals surface area contributed by atoms with Gasteiger partial charge in [-0.25, -0.2) is 0 Å². The van der Waals surface area contributed by atoms with E-state index in [1.165, 1.54) is 13.4 Å². The summed E-state index contributed by atoms with van der Waals surface area (Å²) in [6.45, 7) is 10.3. The van der Waals surface area contributed by atoms with Crippen molar-refractivity contribution in [2.45, 2.75) is 27.2 Å². The number of nitrogens with two attached hydrogens (primary N) is 2. The summed E-state index contributed by atoms with van der Waals surface area (Å²) in [7, 11) is 1.50. The molecule has 0 radical (unpaired) electrons. The Hall–Kier alpha value is -4.29. The number of anilines is 1. The molecule has 6 heteroatoms. The van der Waals surface area contributed by atoms with Crippen LogP contribution in [-0.4, -0.2) is 31.6 Å². The molecule has 5 N–H and O–H groups in total. The standard InChI is InChI=1S/C31H33N3O2.CH5N/c1-5-6-7-8-22(2)26-11-14-28(23(3)19-26)29(35)24-9-12-27(13-10-24)34-30(36)25-15-17-31(4,18-16-25)20-33-21-32;1-2/h5-17,19,21H,1,18,20H2,2-4H3,(H2,32,33)(H,34,36);2H2,1H3/b7-6-,22-8+;. The Morgan fingerprint density at radius 3 is 2.37 bits per heavy atom. The molecule has 1 atom stereocenters. The smallest absolute Gasteiger partial charge is 0.255 e. The van der Waals surface area contributed by atoms with Crippen LogP contribution in [0, 0.1) is 12.3 Å². The lowest BCUT2D eigenvalue weighted by Crippen LogP contribution is -2.22. The molecule has 0 fully saturated rings. The van der Waals surface area contributed by atoms with Crippen LogP contribution in [-0.2, 0) is 4.79 Å². The lowest BCUT2D eigenvalue weighted by Gasteiger charge is -2.25. The normalized spacial score (nSPS) is 17.1. The van der Waals surface area contributed by atoms with Crippen LogP contribution in [0.25, 0.3) is 5.57 Å². The lowest BCUT2D eigenvalue weighted by atomic mass is 9.82. The highest BCUT2D eigenvalue weighted by Crippen LogP contribution is 2.30. The maximum Gasteiger partial charge on any atom is 0.255 e. The van der Waals surface area contributed by atoms with Gasteiger partial charge in [0.1, 0.15) is 0 Å². The van der Waals surface area contributed by atoms with Crippen molar-refractivity contribution in [3.05, 3.63) is 119 Å². The monoisotopic (exact) mass is 510 g/mol. The Bertz CT molecular complexity index is 1300. The molecule has 1 aliphatic carbocycles. The van der Waals surface area contributed by atoms with Gasteiger partial charge in [-0.15, -0.1) is 0 Å². The second-order valence-corrected chi connectivity index (χ2v) is 9.20. The number of carbonyl (C=O) groups excluding carboxylic acids is 2. The summed E-state index contributed by atoms with van der Waals surface area (Å²) in [5.41, 5.74) is 15.2. The van der Waals surface area contributed by atoms with Crippen LogP contribution in [0.3, 0.4) is 0 Å². The van der Waals surface area contributed by atoms with Crippen LogP contribution in [0.4, 0.5) is 5.69 Å². The van der Waals surface area contributed by atoms with Gasteiger partial charge >= 0.3 is 0 Å². The first-order chi connectivity index (χ1) is 18.3. The highest BCUT2D eigenvalue weighted by molar-refractivity contribution is 6.10. The van der Waals surface area contributed by atoms with Gasteiger partial charge in [-0.3, -0.25) is 14.6 Å². The quantitative estimate of drug-likeness (QED) is 0.172. The van der Waals surface area contributed by atoms with Crippen molar-refractivity contribution in [3.63, 3.8) is 0 Å². The average molecular weight is 511 g/mol. The van der Waals surface area contributed by atoms with Gasteiger partial charge in [-0.1, -0.05) is 74.2 Å². The van der Waals surface area contributed by atoms with Gasteiger partial charge in [0.2, 0.25) is 0 Å². The fraction of sp³-hybridized carbons (Fsp3) is 0.219. The predicted molar refractivity (Wildman–Crippen MR) is 160 cm³/mol. The molecule has 0 aliphatic heterocycles. The second kappa shape index (κ2) is 14.4. The van der Waals surface area contributed by atoms with Gasteiger partial charge in [-0.05, 0) is 68.3 Å². The molecule has 198 valence electrons. The van der Waals surface area contributed by atoms with Crippen LogP contribution in [0.15, 0.2) is 102 Å². The predicted octanol–water partition coefficient (Wildman–Crippen LogP) is 5.76. The Balaban J connectivity index is 0.00000247. The third-order valence-corrected chi connectivity index (χ3v) is 6.20. The van der Waals surface area contributed by atoms with Crippen molar-refractivity contribution in [1.29, 1.82) is 0 Å². The molecular weight excluding hydrogens is 472 g/mol. The molecule has 38 heavy (non-hydrogen) atoms. The molecule has 0 aromatic heterocycles. The summed E-state index contributed by atoms with van der Waals surface area (Å²) < 4.78 is 0. The number of rotatable bonds is 9. The third-order valence-electron chi connectivity index (χ3n) is 6.20. The SMILES string of the molecule is C=C/C=C\C=C(/C)c1ccc(C(=O)c2ccc(NC(=O)C3=CCC(C)(CN=CN)C=C3)cc2)c(C)c1.CN. The summed E-state index contributed by atoms with van der Waals surface area (Å²) in [5.74, 6) is -0.241. The molecule has 0 spiro atoms. The van der Waals surface area contributed by atoms with E-state index >= 15 is 0 Å². The number of nitrogens with one attached hydrogen (secondary N) is 1. The van der Waals surface area contributed by atoms with E-state index < -0.39 is 0 Å². The summed E-state index contributed by atoms with van der Waals surface area (Å²) in [6.07, 6.45) is 15.3. The third kappa shape index (κ3) is 8.11. The van der Waals surface area contributed by atoms with Crippen molar-refractivity contribution in [2.24, 2.45) is 21.9 Å². The molecule has 3 rings (SSSR count).